The van der Waals surface area contributed by atoms with Crippen LogP contribution in [0.5, 0.6) is 0 Å². The first-order valence-corrected chi connectivity index (χ1v) is 7.09. The molecule has 1 fully saturated rings. The number of aryl methyl sites for hydroxylation is 1. The third-order valence-corrected chi connectivity index (χ3v) is 4.85. The van der Waals surface area contributed by atoms with Gasteiger partial charge in [-0.15, -0.1) is 0 Å². The Morgan fingerprint density at radius 3 is 2.81 bits per heavy atom. The van der Waals surface area contributed by atoms with Gasteiger partial charge in [0, 0.05) is 19.0 Å². The van der Waals surface area contributed by atoms with Crippen LogP contribution >= 0.6 is 24.4 Å². The van der Waals surface area contributed by atoms with E-state index in [4.69, 9.17) is 9.15 Å². The molecule has 1 saturated heterocycles. The third-order valence-electron chi connectivity index (χ3n) is 2.99. The van der Waals surface area contributed by atoms with E-state index in [1.807, 2.05) is 6.92 Å². The zero-order valence-electron chi connectivity index (χ0n) is 9.44. The second-order valence-electron chi connectivity index (χ2n) is 4.31. The van der Waals surface area contributed by atoms with Crippen molar-refractivity contribution in [3.8, 4) is 0 Å². The Morgan fingerprint density at radius 1 is 1.50 bits per heavy atom. The van der Waals surface area contributed by atoms with Gasteiger partial charge < -0.3 is 9.15 Å². The predicted molar refractivity (Wildman–Crippen MR) is 68.3 cm³/mol. The van der Waals surface area contributed by atoms with Crippen molar-refractivity contribution < 1.29 is 9.15 Å². The normalized spacial score (nSPS) is 19.9. The van der Waals surface area contributed by atoms with Crippen molar-refractivity contribution in [2.45, 2.75) is 25.0 Å². The van der Waals surface area contributed by atoms with Crippen molar-refractivity contribution in [3.05, 3.63) is 12.0 Å². The number of nitrogens with zero attached hydrogens (tertiary/aromatic N) is 1. The first kappa shape index (κ1) is 12.3. The summed E-state index contributed by atoms with van der Waals surface area (Å²) in [6.07, 6.45) is 3.87. The van der Waals surface area contributed by atoms with Crippen molar-refractivity contribution in [1.29, 1.82) is 0 Å². The first-order valence-electron chi connectivity index (χ1n) is 5.48. The van der Waals surface area contributed by atoms with E-state index >= 15 is 0 Å². The molecule has 0 radical (unpaired) electrons. The van der Waals surface area contributed by atoms with Gasteiger partial charge in [-0.3, -0.25) is 0 Å². The van der Waals surface area contributed by atoms with E-state index in [0.717, 1.165) is 48.5 Å². The lowest BCUT2D eigenvalue weighted by atomic mass is 9.84. The lowest BCUT2D eigenvalue weighted by Gasteiger charge is -2.35. The molecule has 0 unspecified atom stereocenters. The summed E-state index contributed by atoms with van der Waals surface area (Å²) in [6, 6.07) is 0. The van der Waals surface area contributed by atoms with E-state index in [2.05, 4.69) is 17.6 Å². The molecule has 0 bridgehead atoms. The number of ether oxygens (including phenoxy) is 1. The molecule has 0 atom stereocenters. The van der Waals surface area contributed by atoms with Crippen LogP contribution in [0.1, 0.15) is 18.5 Å². The summed E-state index contributed by atoms with van der Waals surface area (Å²) in [5.74, 6) is 1.92. The van der Waals surface area contributed by atoms with Crippen LogP contribution in [0.2, 0.25) is 0 Å². The smallest absolute Gasteiger partial charge is 0.255 e. The van der Waals surface area contributed by atoms with Gasteiger partial charge in [-0.1, -0.05) is 11.8 Å². The molecule has 0 N–H and O–H groups in total. The summed E-state index contributed by atoms with van der Waals surface area (Å²) < 4.78 is 10.7. The highest BCUT2D eigenvalue weighted by Gasteiger charge is 2.31. The van der Waals surface area contributed by atoms with Crippen LogP contribution in [0, 0.1) is 12.3 Å². The van der Waals surface area contributed by atoms with Crippen molar-refractivity contribution in [2.24, 2.45) is 5.41 Å². The number of thiol groups is 1. The van der Waals surface area contributed by atoms with Crippen LogP contribution in [0.4, 0.5) is 0 Å². The molecule has 2 rings (SSSR count). The molecular formula is C11H17NO2S2. The number of hydrogen-bond donors (Lipinski definition) is 1. The zero-order chi connectivity index (χ0) is 11.4. The van der Waals surface area contributed by atoms with Crippen LogP contribution in [0.3, 0.4) is 0 Å². The number of rotatable bonds is 4. The van der Waals surface area contributed by atoms with Gasteiger partial charge in [0.2, 0.25) is 0 Å². The molecule has 1 aliphatic heterocycles. The second-order valence-corrected chi connectivity index (χ2v) is 5.56. The van der Waals surface area contributed by atoms with E-state index in [1.54, 1.807) is 18.0 Å². The van der Waals surface area contributed by atoms with Crippen molar-refractivity contribution >= 4 is 24.4 Å². The van der Waals surface area contributed by atoms with Gasteiger partial charge >= 0.3 is 0 Å². The van der Waals surface area contributed by atoms with E-state index in [-0.39, 0.29) is 5.41 Å². The Hall–Kier alpha value is -0.130. The zero-order valence-corrected chi connectivity index (χ0v) is 11.2. The first-order chi connectivity index (χ1) is 7.74. The minimum absolute atomic E-state index is 0.286. The molecule has 0 aromatic carbocycles. The maximum absolute atomic E-state index is 5.40. The molecule has 3 nitrogen and oxygen atoms in total. The fourth-order valence-corrected chi connectivity index (χ4v) is 3.49. The van der Waals surface area contributed by atoms with Crippen molar-refractivity contribution in [2.75, 3.05) is 24.7 Å². The minimum Gasteiger partial charge on any atom is -0.440 e. The highest BCUT2D eigenvalue weighted by molar-refractivity contribution is 7.99. The molecule has 0 spiro atoms. The molecule has 1 aliphatic rings. The van der Waals surface area contributed by atoms with Gasteiger partial charge in [0.05, 0.1) is 5.69 Å². The highest BCUT2D eigenvalue weighted by Crippen LogP contribution is 2.37. The van der Waals surface area contributed by atoms with E-state index in [1.165, 1.54) is 0 Å². The molecule has 16 heavy (non-hydrogen) atoms. The molecule has 90 valence electrons. The fourth-order valence-electron chi connectivity index (χ4n) is 1.77. The molecule has 1 aromatic heterocycles. The maximum atomic E-state index is 5.40. The van der Waals surface area contributed by atoms with Gasteiger partial charge in [0.25, 0.3) is 5.22 Å². The lowest BCUT2D eigenvalue weighted by molar-refractivity contribution is 0.0370. The number of hydrogen-bond acceptors (Lipinski definition) is 5. The maximum Gasteiger partial charge on any atom is 0.255 e. The summed E-state index contributed by atoms with van der Waals surface area (Å²) in [4.78, 5) is 4.30. The summed E-state index contributed by atoms with van der Waals surface area (Å²) in [7, 11) is 0. The summed E-state index contributed by atoms with van der Waals surface area (Å²) in [5.41, 5.74) is 1.23. The lowest BCUT2D eigenvalue weighted by Crippen LogP contribution is -2.33. The van der Waals surface area contributed by atoms with Crippen molar-refractivity contribution in [3.63, 3.8) is 0 Å². The minimum atomic E-state index is 0.286. The average molecular weight is 259 g/mol. The molecule has 0 aliphatic carbocycles. The van der Waals surface area contributed by atoms with Crippen LogP contribution in [0.25, 0.3) is 0 Å². The van der Waals surface area contributed by atoms with Crippen LogP contribution in [-0.4, -0.2) is 29.7 Å². The molecule has 2 heterocycles. The SMILES string of the molecule is Cc1coc(SCC2(CS)CCOCC2)n1. The van der Waals surface area contributed by atoms with Crippen LogP contribution in [0.15, 0.2) is 15.9 Å². The molecule has 1 aromatic rings. The Kier molecular flexibility index (Phi) is 4.21. The number of oxazole rings is 1. The highest BCUT2D eigenvalue weighted by atomic mass is 32.2. The van der Waals surface area contributed by atoms with Gasteiger partial charge in [0.15, 0.2) is 0 Å². The number of thioether (sulfide) groups is 1. The van der Waals surface area contributed by atoms with Crippen LogP contribution < -0.4 is 0 Å². The molecule has 0 saturated carbocycles. The van der Waals surface area contributed by atoms with Gasteiger partial charge in [0.1, 0.15) is 6.26 Å². The van der Waals surface area contributed by atoms with Gasteiger partial charge in [-0.05, 0) is 30.9 Å². The predicted octanol–water partition coefficient (Wildman–Crippen LogP) is 2.80. The Balaban J connectivity index is 1.91. The topological polar surface area (TPSA) is 35.3 Å². The third kappa shape index (κ3) is 2.96. The number of aromatic nitrogens is 1. The monoisotopic (exact) mass is 259 g/mol. The standard InChI is InChI=1S/C11H17NO2S2/c1-9-6-14-10(12-9)16-8-11(7-15)2-4-13-5-3-11/h6,15H,2-5,7-8H2,1H3. The molecular weight excluding hydrogens is 242 g/mol. The largest absolute Gasteiger partial charge is 0.440 e. The summed E-state index contributed by atoms with van der Waals surface area (Å²) in [5, 5.41) is 0.769. The quantitative estimate of drug-likeness (QED) is 0.666. The fraction of sp³-hybridized carbons (Fsp3) is 0.727. The van der Waals surface area contributed by atoms with Crippen molar-refractivity contribution in [1.82, 2.24) is 4.98 Å². The summed E-state index contributed by atoms with van der Waals surface area (Å²) >= 11 is 6.17. The van der Waals surface area contributed by atoms with Gasteiger partial charge in [-0.2, -0.15) is 12.6 Å². The van der Waals surface area contributed by atoms with E-state index < -0.39 is 0 Å². The van der Waals surface area contributed by atoms with Gasteiger partial charge in [-0.25, -0.2) is 4.98 Å². The Labute approximate surface area is 106 Å². The average Bonchev–Trinajstić information content (AvgIpc) is 2.74. The Bertz CT molecular complexity index is 334. The van der Waals surface area contributed by atoms with E-state index in [9.17, 15) is 0 Å². The summed E-state index contributed by atoms with van der Waals surface area (Å²) in [6.45, 7) is 3.65. The molecule has 5 heteroatoms. The van der Waals surface area contributed by atoms with Crippen LogP contribution in [-0.2, 0) is 4.74 Å². The Morgan fingerprint density at radius 2 is 2.25 bits per heavy atom. The van der Waals surface area contributed by atoms with E-state index in [0.29, 0.717) is 0 Å². The molecule has 0 amide bonds. The second kappa shape index (κ2) is 5.47.